The molecule has 0 saturated heterocycles. The van der Waals surface area contributed by atoms with Crippen LogP contribution in [0.5, 0.6) is 0 Å². The Labute approximate surface area is 188 Å². The van der Waals surface area contributed by atoms with Gasteiger partial charge in [0.15, 0.2) is 0 Å². The van der Waals surface area contributed by atoms with Crippen molar-refractivity contribution in [3.8, 4) is 5.69 Å². The summed E-state index contributed by atoms with van der Waals surface area (Å²) in [5, 5.41) is 7.92. The Bertz CT molecular complexity index is 1230. The molecule has 1 aromatic carbocycles. The molecule has 0 spiro atoms. The second-order valence-electron chi connectivity index (χ2n) is 7.45. The summed E-state index contributed by atoms with van der Waals surface area (Å²) >= 11 is 0. The molecule has 8 heteroatoms. The average molecular weight is 451 g/mol. The molecule has 1 aliphatic carbocycles. The summed E-state index contributed by atoms with van der Waals surface area (Å²) in [5.41, 5.74) is 4.78. The number of amides is 1. The molecule has 2 aromatic heterocycles. The number of rotatable bonds is 6. The van der Waals surface area contributed by atoms with E-state index in [1.54, 1.807) is 47.6 Å². The minimum Gasteiger partial charge on any atom is -0.348 e. The third-order valence-electron chi connectivity index (χ3n) is 5.32. The minimum atomic E-state index is -1.14. The molecule has 164 valence electrons. The highest BCUT2D eigenvalue weighted by Gasteiger charge is 2.22. The molecule has 0 aliphatic heterocycles. The molecular weight excluding hydrogens is 427 g/mol. The average Bonchev–Trinajstić information content (AvgIpc) is 3.11. The maximum absolute atomic E-state index is 13.4. The van der Waals surface area contributed by atoms with Gasteiger partial charge in [0, 0.05) is 30.1 Å². The fourth-order valence-electron chi connectivity index (χ4n) is 3.51. The molecule has 0 saturated carbocycles. The highest BCUT2D eigenvalue weighted by atomic mass is 32.2. The molecule has 4 rings (SSSR count). The summed E-state index contributed by atoms with van der Waals surface area (Å²) in [5.74, 6) is -0.525. The minimum absolute atomic E-state index is 0.209. The molecule has 1 N–H and O–H groups in total. The van der Waals surface area contributed by atoms with Gasteiger partial charge in [-0.25, -0.2) is 14.1 Å². The lowest BCUT2D eigenvalue weighted by Gasteiger charge is -2.10. The summed E-state index contributed by atoms with van der Waals surface area (Å²) in [6.45, 7) is 2.37. The number of halogens is 1. The Morgan fingerprint density at radius 3 is 2.62 bits per heavy atom. The molecule has 2 heterocycles. The van der Waals surface area contributed by atoms with Crippen LogP contribution >= 0.6 is 0 Å². The first kappa shape index (κ1) is 21.8. The Kier molecular flexibility index (Phi) is 6.41. The maximum Gasteiger partial charge on any atom is 0.251 e. The third kappa shape index (κ3) is 4.60. The molecule has 1 atom stereocenters. The second kappa shape index (κ2) is 9.40. The first-order valence-corrected chi connectivity index (χ1v) is 11.8. The number of fused-ring (bicyclic) bond motifs is 1. The van der Waals surface area contributed by atoms with Crippen molar-refractivity contribution in [1.29, 1.82) is 0 Å². The lowest BCUT2D eigenvalue weighted by molar-refractivity contribution is -0.115. The number of carbonyl (C=O) groups is 1. The van der Waals surface area contributed by atoms with Crippen LogP contribution in [0.1, 0.15) is 36.6 Å². The number of nitrogens with zero attached hydrogens (tertiary/aromatic N) is 3. The highest BCUT2D eigenvalue weighted by molar-refractivity contribution is 7.84. The van der Waals surface area contributed by atoms with E-state index in [-0.39, 0.29) is 11.7 Å². The van der Waals surface area contributed by atoms with E-state index in [0.29, 0.717) is 23.6 Å². The van der Waals surface area contributed by atoms with E-state index in [0.717, 1.165) is 28.9 Å². The van der Waals surface area contributed by atoms with E-state index < -0.39 is 10.8 Å². The van der Waals surface area contributed by atoms with Crippen LogP contribution in [0, 0.1) is 5.82 Å². The number of pyridine rings is 1. The van der Waals surface area contributed by atoms with E-state index >= 15 is 0 Å². The van der Waals surface area contributed by atoms with E-state index in [1.807, 2.05) is 6.08 Å². The topological polar surface area (TPSA) is 76.9 Å². The van der Waals surface area contributed by atoms with Crippen molar-refractivity contribution in [2.75, 3.05) is 6.26 Å². The lowest BCUT2D eigenvalue weighted by Crippen LogP contribution is -2.24. The fourth-order valence-corrected chi connectivity index (χ4v) is 3.97. The zero-order chi connectivity index (χ0) is 22.7. The molecule has 6 nitrogen and oxygen atoms in total. The summed E-state index contributed by atoms with van der Waals surface area (Å²) < 4.78 is 26.6. The molecule has 0 bridgehead atoms. The van der Waals surface area contributed by atoms with Gasteiger partial charge < -0.3 is 5.32 Å². The highest BCUT2D eigenvalue weighted by Crippen LogP contribution is 2.30. The van der Waals surface area contributed by atoms with Crippen LogP contribution in [-0.2, 0) is 22.1 Å². The van der Waals surface area contributed by atoms with Crippen LogP contribution in [0.4, 0.5) is 4.39 Å². The fraction of sp³-hybridized carbons (Fsp3) is 0.208. The van der Waals surface area contributed by atoms with E-state index in [1.165, 1.54) is 17.7 Å². The van der Waals surface area contributed by atoms with Gasteiger partial charge >= 0.3 is 0 Å². The third-order valence-corrected chi connectivity index (χ3v) is 6.15. The van der Waals surface area contributed by atoms with Crippen molar-refractivity contribution in [1.82, 2.24) is 20.1 Å². The van der Waals surface area contributed by atoms with Gasteiger partial charge in [-0.05, 0) is 54.8 Å². The maximum atomic E-state index is 13.4. The number of allylic oxidation sites excluding steroid dienone is 2. The summed E-state index contributed by atoms with van der Waals surface area (Å²) in [4.78, 5) is 17.3. The Hall–Kier alpha value is -3.39. The van der Waals surface area contributed by atoms with Crippen molar-refractivity contribution >= 4 is 28.4 Å². The summed E-state index contributed by atoms with van der Waals surface area (Å²) in [6, 6.07) is 9.61. The number of carbonyl (C=O) groups excluding carboxylic acids is 1. The first-order chi connectivity index (χ1) is 15.5. The van der Waals surface area contributed by atoms with Gasteiger partial charge in [-0.15, -0.1) is 0 Å². The van der Waals surface area contributed by atoms with Crippen LogP contribution in [0.3, 0.4) is 0 Å². The number of hydrogen-bond acceptors (Lipinski definition) is 4. The second-order valence-corrected chi connectivity index (χ2v) is 8.78. The van der Waals surface area contributed by atoms with Crippen molar-refractivity contribution in [3.63, 3.8) is 0 Å². The zero-order valence-corrected chi connectivity index (χ0v) is 18.7. The molecule has 32 heavy (non-hydrogen) atoms. The first-order valence-electron chi connectivity index (χ1n) is 10.3. The summed E-state index contributed by atoms with van der Waals surface area (Å²) in [7, 11) is -1.14. The molecule has 1 unspecified atom stereocenters. The quantitative estimate of drug-likeness (QED) is 0.615. The largest absolute Gasteiger partial charge is 0.348 e. The Morgan fingerprint density at radius 1 is 1.19 bits per heavy atom. The normalized spacial score (nSPS) is 14.1. The van der Waals surface area contributed by atoms with Crippen LogP contribution in [0.2, 0.25) is 0 Å². The zero-order valence-electron chi connectivity index (χ0n) is 17.8. The monoisotopic (exact) mass is 450 g/mol. The molecule has 1 amide bonds. The van der Waals surface area contributed by atoms with Gasteiger partial charge in [0.2, 0.25) is 0 Å². The molecule has 0 fully saturated rings. The smallest absolute Gasteiger partial charge is 0.251 e. The molecule has 1 aliphatic rings. The van der Waals surface area contributed by atoms with Crippen LogP contribution in [0.15, 0.2) is 65.5 Å². The Morgan fingerprint density at radius 2 is 1.97 bits per heavy atom. The number of nitrogens with one attached hydrogen (secondary N) is 1. The van der Waals surface area contributed by atoms with Crippen molar-refractivity contribution in [2.24, 2.45) is 0 Å². The molecule has 3 aromatic rings. The van der Waals surface area contributed by atoms with Gasteiger partial charge in [-0.3, -0.25) is 9.00 Å². The van der Waals surface area contributed by atoms with E-state index in [9.17, 15) is 13.4 Å². The van der Waals surface area contributed by atoms with Crippen molar-refractivity contribution in [2.45, 2.75) is 31.3 Å². The van der Waals surface area contributed by atoms with Gasteiger partial charge in [0.05, 0.1) is 28.4 Å². The number of hydrogen-bond donors (Lipinski definition) is 1. The van der Waals surface area contributed by atoms with E-state index in [2.05, 4.69) is 28.4 Å². The number of benzene rings is 1. The van der Waals surface area contributed by atoms with Gasteiger partial charge in [0.25, 0.3) is 5.91 Å². The predicted octanol–water partition coefficient (Wildman–Crippen LogP) is 4.04. The molecule has 0 radical (unpaired) electrons. The SMILES string of the molecule is CCC1=Cc2c(cnn2-c2ccc(F)cc2)C(C(=O)NCc2ccc(S(C)=O)nc2)=CC1. The lowest BCUT2D eigenvalue weighted by atomic mass is 10.1. The van der Waals surface area contributed by atoms with Crippen LogP contribution in [-0.4, -0.2) is 31.1 Å². The van der Waals surface area contributed by atoms with E-state index in [4.69, 9.17) is 0 Å². The number of aromatic nitrogens is 3. The standard InChI is InChI=1S/C24H23FN4O2S/c1-3-16-4-10-20(24(30)27-14-17-5-11-23(26-13-17)32(2)31)21-15-28-29(22(21)12-16)19-8-6-18(25)7-9-19/h5-13,15H,3-4,14H2,1-2H3,(H,27,30). The van der Waals surface area contributed by atoms with Crippen LogP contribution < -0.4 is 5.32 Å². The van der Waals surface area contributed by atoms with Gasteiger partial charge in [0.1, 0.15) is 10.8 Å². The van der Waals surface area contributed by atoms with Crippen molar-refractivity contribution < 1.29 is 13.4 Å². The predicted molar refractivity (Wildman–Crippen MR) is 123 cm³/mol. The van der Waals surface area contributed by atoms with Crippen molar-refractivity contribution in [3.05, 3.63) is 83.1 Å². The van der Waals surface area contributed by atoms with Crippen LogP contribution in [0.25, 0.3) is 17.3 Å². The van der Waals surface area contributed by atoms with Gasteiger partial charge in [-0.1, -0.05) is 24.6 Å². The Balaban J connectivity index is 1.60. The molecular formula is C24H23FN4O2S. The van der Waals surface area contributed by atoms with Gasteiger partial charge in [-0.2, -0.15) is 5.10 Å². The summed E-state index contributed by atoms with van der Waals surface area (Å²) in [6.07, 6.45) is 10.3.